The van der Waals surface area contributed by atoms with Gasteiger partial charge in [0.15, 0.2) is 6.29 Å². The number of carbonyl (C=O) groups excluding carboxylic acids is 2. The maximum atomic E-state index is 13.3. The molecule has 8 heteroatoms. The van der Waals surface area contributed by atoms with Gasteiger partial charge in [-0.3, -0.25) is 19.7 Å². The number of halogens is 1. The number of allylic oxidation sites excluding steroid dienone is 1. The van der Waals surface area contributed by atoms with Crippen molar-refractivity contribution >= 4 is 29.1 Å². The van der Waals surface area contributed by atoms with Crippen LogP contribution in [0.15, 0.2) is 24.0 Å². The van der Waals surface area contributed by atoms with Crippen molar-refractivity contribution in [3.05, 3.63) is 40.0 Å². The van der Waals surface area contributed by atoms with Crippen molar-refractivity contribution in [2.75, 3.05) is 10.6 Å². The number of nitrogens with one attached hydrogen (secondary N) is 2. The van der Waals surface area contributed by atoms with Crippen LogP contribution in [-0.2, 0) is 9.59 Å². The summed E-state index contributed by atoms with van der Waals surface area (Å²) in [6, 6.07) is 1.88. The zero-order valence-electron chi connectivity index (χ0n) is 8.77. The Kier molecular flexibility index (Phi) is 2.76. The topological polar surface area (TPSA) is 101 Å². The van der Waals surface area contributed by atoms with E-state index >= 15 is 0 Å². The number of fused-ring (bicyclic) bond motifs is 1. The lowest BCUT2D eigenvalue weighted by atomic mass is 10.1. The Morgan fingerprint density at radius 1 is 1.39 bits per heavy atom. The molecule has 1 aliphatic heterocycles. The van der Waals surface area contributed by atoms with Gasteiger partial charge in [0.25, 0.3) is 0 Å². The summed E-state index contributed by atoms with van der Waals surface area (Å²) in [5, 5.41) is 15.6. The fourth-order valence-corrected chi connectivity index (χ4v) is 1.45. The Balaban J connectivity index is 2.42. The molecule has 0 aromatic heterocycles. The smallest absolute Gasteiger partial charge is 0.307 e. The van der Waals surface area contributed by atoms with E-state index in [1.54, 1.807) is 0 Å². The average Bonchev–Trinajstić information content (AvgIpc) is 2.36. The number of nitro benzene ring substituents is 1. The first-order valence-electron chi connectivity index (χ1n) is 4.74. The SMILES string of the molecule is O=CC(=O)C1=CNc2cc(F)c([N+](=O)[O-])cc2N1. The van der Waals surface area contributed by atoms with E-state index in [1.807, 2.05) is 0 Å². The van der Waals surface area contributed by atoms with Crippen LogP contribution in [0.25, 0.3) is 0 Å². The van der Waals surface area contributed by atoms with Gasteiger partial charge in [-0.1, -0.05) is 0 Å². The van der Waals surface area contributed by atoms with Gasteiger partial charge in [0.05, 0.1) is 16.3 Å². The third-order valence-electron chi connectivity index (χ3n) is 2.30. The number of nitro groups is 1. The number of hydrogen-bond donors (Lipinski definition) is 2. The normalized spacial score (nSPS) is 12.6. The van der Waals surface area contributed by atoms with E-state index in [0.29, 0.717) is 0 Å². The molecular weight excluding hydrogens is 245 g/mol. The summed E-state index contributed by atoms with van der Waals surface area (Å²) in [4.78, 5) is 31.1. The molecule has 1 aromatic rings. The van der Waals surface area contributed by atoms with Gasteiger partial charge in [-0.2, -0.15) is 4.39 Å². The van der Waals surface area contributed by atoms with E-state index in [4.69, 9.17) is 0 Å². The van der Waals surface area contributed by atoms with Crippen LogP contribution >= 0.6 is 0 Å². The molecule has 0 fully saturated rings. The summed E-state index contributed by atoms with van der Waals surface area (Å²) in [5.41, 5.74) is -0.405. The lowest BCUT2D eigenvalue weighted by Crippen LogP contribution is -2.18. The van der Waals surface area contributed by atoms with E-state index in [-0.39, 0.29) is 23.4 Å². The van der Waals surface area contributed by atoms with Gasteiger partial charge < -0.3 is 10.6 Å². The number of ketones is 1. The van der Waals surface area contributed by atoms with Gasteiger partial charge in [-0.05, 0) is 0 Å². The summed E-state index contributed by atoms with van der Waals surface area (Å²) in [6.07, 6.45) is 1.29. The number of benzene rings is 1. The largest absolute Gasteiger partial charge is 0.358 e. The molecule has 2 rings (SSSR count). The van der Waals surface area contributed by atoms with Crippen LogP contribution < -0.4 is 10.6 Å². The van der Waals surface area contributed by atoms with E-state index in [0.717, 1.165) is 12.1 Å². The Bertz CT molecular complexity index is 597. The highest BCUT2D eigenvalue weighted by molar-refractivity contribution is 6.34. The van der Waals surface area contributed by atoms with Crippen LogP contribution in [0.1, 0.15) is 0 Å². The van der Waals surface area contributed by atoms with E-state index in [1.165, 1.54) is 6.20 Å². The first kappa shape index (κ1) is 11.7. The quantitative estimate of drug-likeness (QED) is 0.362. The zero-order valence-corrected chi connectivity index (χ0v) is 8.77. The molecule has 0 unspecified atom stereocenters. The molecule has 18 heavy (non-hydrogen) atoms. The molecule has 0 spiro atoms. The van der Waals surface area contributed by atoms with Gasteiger partial charge in [-0.25, -0.2) is 0 Å². The molecule has 0 saturated heterocycles. The summed E-state index contributed by atoms with van der Waals surface area (Å²) in [5.74, 6) is -1.81. The summed E-state index contributed by atoms with van der Waals surface area (Å²) < 4.78 is 13.3. The lowest BCUT2D eigenvalue weighted by Gasteiger charge is -2.18. The van der Waals surface area contributed by atoms with Crippen molar-refractivity contribution in [2.24, 2.45) is 0 Å². The van der Waals surface area contributed by atoms with E-state index in [9.17, 15) is 24.1 Å². The summed E-state index contributed by atoms with van der Waals surface area (Å²) >= 11 is 0. The van der Waals surface area contributed by atoms with Crippen molar-refractivity contribution in [3.63, 3.8) is 0 Å². The third kappa shape index (κ3) is 1.90. The molecule has 1 aliphatic rings. The van der Waals surface area contributed by atoms with Gasteiger partial charge >= 0.3 is 5.69 Å². The summed E-state index contributed by atoms with van der Waals surface area (Å²) in [7, 11) is 0. The predicted molar refractivity (Wildman–Crippen MR) is 59.5 cm³/mol. The number of rotatable bonds is 3. The van der Waals surface area contributed by atoms with Crippen molar-refractivity contribution < 1.29 is 18.9 Å². The van der Waals surface area contributed by atoms with Crippen LogP contribution in [0.2, 0.25) is 0 Å². The standard InChI is InChI=1S/C10H6FN3O4/c11-5-1-6-7(2-9(5)14(17)18)13-8(3-12-6)10(16)4-15/h1-4,12-13H. The molecule has 0 bridgehead atoms. The predicted octanol–water partition coefficient (Wildman–Crippen LogP) is 1.18. The highest BCUT2D eigenvalue weighted by Gasteiger charge is 2.22. The van der Waals surface area contributed by atoms with Crippen LogP contribution in [0.4, 0.5) is 21.5 Å². The molecule has 7 nitrogen and oxygen atoms in total. The number of nitrogens with zero attached hydrogens (tertiary/aromatic N) is 1. The van der Waals surface area contributed by atoms with Gasteiger partial charge in [0, 0.05) is 18.3 Å². The molecule has 0 atom stereocenters. The first-order valence-corrected chi connectivity index (χ1v) is 4.74. The number of Topliss-reactive ketones (excluding diaryl/α,β-unsaturated/α-hetero) is 1. The highest BCUT2D eigenvalue weighted by Crippen LogP contribution is 2.33. The number of carbonyl (C=O) groups is 2. The lowest BCUT2D eigenvalue weighted by molar-refractivity contribution is -0.387. The average molecular weight is 251 g/mol. The Morgan fingerprint density at radius 3 is 2.72 bits per heavy atom. The fourth-order valence-electron chi connectivity index (χ4n) is 1.45. The molecule has 0 aliphatic carbocycles. The van der Waals surface area contributed by atoms with Crippen LogP contribution in [0.5, 0.6) is 0 Å². The highest BCUT2D eigenvalue weighted by atomic mass is 19.1. The Hall–Kier alpha value is -2.77. The number of anilines is 2. The first-order chi connectivity index (χ1) is 8.52. The molecule has 0 radical (unpaired) electrons. The maximum absolute atomic E-state index is 13.3. The minimum atomic E-state index is -0.994. The molecule has 0 amide bonds. The van der Waals surface area contributed by atoms with Gasteiger partial charge in [0.2, 0.25) is 11.6 Å². The molecular formula is C10H6FN3O4. The second kappa shape index (κ2) is 4.24. The monoisotopic (exact) mass is 251 g/mol. The molecule has 92 valence electrons. The minimum Gasteiger partial charge on any atom is -0.358 e. The van der Waals surface area contributed by atoms with E-state index in [2.05, 4.69) is 10.6 Å². The Morgan fingerprint density at radius 2 is 2.11 bits per heavy atom. The third-order valence-corrected chi connectivity index (χ3v) is 2.30. The zero-order chi connectivity index (χ0) is 13.3. The minimum absolute atomic E-state index is 0.0709. The van der Waals surface area contributed by atoms with Crippen molar-refractivity contribution in [3.8, 4) is 0 Å². The summed E-state index contributed by atoms with van der Waals surface area (Å²) in [6.45, 7) is 0. The van der Waals surface area contributed by atoms with Gasteiger partial charge in [-0.15, -0.1) is 0 Å². The van der Waals surface area contributed by atoms with Crippen molar-refractivity contribution in [1.29, 1.82) is 0 Å². The van der Waals surface area contributed by atoms with Gasteiger partial charge in [0.1, 0.15) is 5.70 Å². The fraction of sp³-hybridized carbons (Fsp3) is 0. The Labute approximate surface area is 99.4 Å². The number of aldehydes is 1. The molecule has 2 N–H and O–H groups in total. The molecule has 1 heterocycles. The molecule has 1 aromatic carbocycles. The van der Waals surface area contributed by atoms with Crippen molar-refractivity contribution in [1.82, 2.24) is 0 Å². The number of hydrogen-bond acceptors (Lipinski definition) is 6. The maximum Gasteiger partial charge on any atom is 0.307 e. The van der Waals surface area contributed by atoms with Crippen LogP contribution in [0.3, 0.4) is 0 Å². The molecule has 0 saturated carbocycles. The second-order valence-electron chi connectivity index (χ2n) is 3.42. The van der Waals surface area contributed by atoms with E-state index < -0.39 is 22.2 Å². The van der Waals surface area contributed by atoms with Crippen molar-refractivity contribution in [2.45, 2.75) is 0 Å². The van der Waals surface area contributed by atoms with Crippen LogP contribution in [-0.4, -0.2) is 17.0 Å². The second-order valence-corrected chi connectivity index (χ2v) is 3.42. The van der Waals surface area contributed by atoms with Crippen LogP contribution in [0, 0.1) is 15.9 Å².